The molecule has 1 fully saturated rings. The third kappa shape index (κ3) is 2.73. The lowest BCUT2D eigenvalue weighted by Gasteiger charge is -2.11. The minimum Gasteiger partial charge on any atom is -0.496 e. The Morgan fingerprint density at radius 1 is 1.32 bits per heavy atom. The highest BCUT2D eigenvalue weighted by Gasteiger charge is 2.29. The Hall–Kier alpha value is -2.89. The predicted molar refractivity (Wildman–Crippen MR) is 96.6 cm³/mol. The van der Waals surface area contributed by atoms with Gasteiger partial charge in [-0.05, 0) is 38.0 Å². The molecule has 6 heteroatoms. The second-order valence-corrected chi connectivity index (χ2v) is 6.45. The van der Waals surface area contributed by atoms with Crippen molar-refractivity contribution in [1.29, 1.82) is 0 Å². The number of carbonyl (C=O) groups is 1. The first-order valence-corrected chi connectivity index (χ1v) is 8.35. The topological polar surface area (TPSA) is 69.0 Å². The Kier molecular flexibility index (Phi) is 3.67. The predicted octanol–water partition coefficient (Wildman–Crippen LogP) is 3.30. The van der Waals surface area contributed by atoms with Crippen molar-refractivity contribution in [1.82, 2.24) is 14.5 Å². The van der Waals surface area contributed by atoms with Gasteiger partial charge in [-0.25, -0.2) is 4.98 Å². The van der Waals surface area contributed by atoms with E-state index in [0.717, 1.165) is 46.4 Å². The molecule has 4 rings (SSSR count). The van der Waals surface area contributed by atoms with Crippen molar-refractivity contribution in [2.45, 2.75) is 19.8 Å². The first-order valence-electron chi connectivity index (χ1n) is 8.35. The minimum absolute atomic E-state index is 0.0628. The molecule has 0 spiro atoms. The van der Waals surface area contributed by atoms with Gasteiger partial charge in [0.2, 0.25) is 5.91 Å². The van der Waals surface area contributed by atoms with Crippen LogP contribution in [0.25, 0.3) is 22.2 Å². The molecule has 3 heterocycles. The van der Waals surface area contributed by atoms with Crippen LogP contribution in [0, 0.1) is 12.8 Å². The van der Waals surface area contributed by atoms with Gasteiger partial charge in [0.1, 0.15) is 11.6 Å². The highest BCUT2D eigenvalue weighted by molar-refractivity contribution is 5.96. The van der Waals surface area contributed by atoms with Crippen molar-refractivity contribution in [3.05, 3.63) is 36.3 Å². The number of rotatable bonds is 4. The molecule has 0 aromatic carbocycles. The van der Waals surface area contributed by atoms with E-state index in [4.69, 9.17) is 4.74 Å². The number of nitrogens with zero attached hydrogens (tertiary/aromatic N) is 3. The van der Waals surface area contributed by atoms with Gasteiger partial charge in [-0.15, -0.1) is 0 Å². The highest BCUT2D eigenvalue weighted by atomic mass is 16.5. The van der Waals surface area contributed by atoms with Gasteiger partial charge in [0, 0.05) is 24.5 Å². The summed E-state index contributed by atoms with van der Waals surface area (Å²) in [4.78, 5) is 20.7. The quantitative estimate of drug-likeness (QED) is 0.794. The number of aryl methyl sites for hydroxylation is 2. The summed E-state index contributed by atoms with van der Waals surface area (Å²) in [7, 11) is 3.65. The fourth-order valence-electron chi connectivity index (χ4n) is 3.14. The van der Waals surface area contributed by atoms with E-state index in [1.165, 1.54) is 0 Å². The molecule has 0 aliphatic heterocycles. The fourth-order valence-corrected chi connectivity index (χ4v) is 3.14. The van der Waals surface area contributed by atoms with Gasteiger partial charge in [-0.2, -0.15) is 0 Å². The Bertz CT molecular complexity index is 973. The summed E-state index contributed by atoms with van der Waals surface area (Å²) < 4.78 is 7.59. The average Bonchev–Trinajstić information content (AvgIpc) is 3.40. The molecule has 6 nitrogen and oxygen atoms in total. The van der Waals surface area contributed by atoms with E-state index in [0.29, 0.717) is 5.82 Å². The zero-order valence-electron chi connectivity index (χ0n) is 14.5. The first-order chi connectivity index (χ1) is 12.1. The van der Waals surface area contributed by atoms with E-state index in [9.17, 15) is 4.79 Å². The van der Waals surface area contributed by atoms with Gasteiger partial charge in [0.05, 0.1) is 35.8 Å². The summed E-state index contributed by atoms with van der Waals surface area (Å²) in [5.74, 6) is 1.60. The monoisotopic (exact) mass is 336 g/mol. The normalized spacial score (nSPS) is 13.9. The summed E-state index contributed by atoms with van der Waals surface area (Å²) in [6, 6.07) is 5.85. The van der Waals surface area contributed by atoms with Gasteiger partial charge < -0.3 is 14.6 Å². The maximum absolute atomic E-state index is 12.0. The summed E-state index contributed by atoms with van der Waals surface area (Å²) in [6.07, 6.45) is 5.49. The van der Waals surface area contributed by atoms with Crippen LogP contribution in [0.2, 0.25) is 0 Å². The number of hydrogen-bond donors (Lipinski definition) is 1. The lowest BCUT2D eigenvalue weighted by molar-refractivity contribution is -0.117. The van der Waals surface area contributed by atoms with Crippen LogP contribution < -0.4 is 10.1 Å². The van der Waals surface area contributed by atoms with Crippen molar-refractivity contribution in [3.8, 4) is 17.0 Å². The van der Waals surface area contributed by atoms with Crippen molar-refractivity contribution < 1.29 is 9.53 Å². The van der Waals surface area contributed by atoms with Gasteiger partial charge in [-0.3, -0.25) is 9.78 Å². The van der Waals surface area contributed by atoms with Gasteiger partial charge >= 0.3 is 0 Å². The van der Waals surface area contributed by atoms with Crippen LogP contribution in [0.5, 0.6) is 5.75 Å². The largest absolute Gasteiger partial charge is 0.496 e. The molecule has 1 amide bonds. The van der Waals surface area contributed by atoms with Crippen LogP contribution in [0.3, 0.4) is 0 Å². The number of anilines is 1. The Labute approximate surface area is 145 Å². The Morgan fingerprint density at radius 2 is 2.12 bits per heavy atom. The van der Waals surface area contributed by atoms with Gasteiger partial charge in [-0.1, -0.05) is 0 Å². The fraction of sp³-hybridized carbons (Fsp3) is 0.316. The molecular formula is C19H20N4O2. The van der Waals surface area contributed by atoms with E-state index in [2.05, 4.69) is 25.9 Å². The van der Waals surface area contributed by atoms with Crippen molar-refractivity contribution in [2.75, 3.05) is 12.4 Å². The molecule has 1 N–H and O–H groups in total. The van der Waals surface area contributed by atoms with E-state index in [-0.39, 0.29) is 11.8 Å². The number of methoxy groups -OCH3 is 1. The average molecular weight is 336 g/mol. The molecule has 25 heavy (non-hydrogen) atoms. The van der Waals surface area contributed by atoms with Gasteiger partial charge in [0.15, 0.2) is 0 Å². The minimum atomic E-state index is 0.0628. The van der Waals surface area contributed by atoms with Crippen LogP contribution in [0.1, 0.15) is 18.5 Å². The number of carbonyl (C=O) groups excluding carboxylic acids is 1. The van der Waals surface area contributed by atoms with Gasteiger partial charge in [0.25, 0.3) is 0 Å². The van der Waals surface area contributed by atoms with Crippen molar-refractivity contribution >= 4 is 22.6 Å². The second kappa shape index (κ2) is 5.88. The second-order valence-electron chi connectivity index (χ2n) is 6.45. The van der Waals surface area contributed by atoms with E-state index < -0.39 is 0 Å². The third-order valence-electron chi connectivity index (χ3n) is 4.71. The molecule has 1 saturated carbocycles. The number of fused-ring (bicyclic) bond motifs is 1. The lowest BCUT2D eigenvalue weighted by atomic mass is 10.1. The number of ether oxygens (including phenoxy) is 1. The molecule has 0 atom stereocenters. The lowest BCUT2D eigenvalue weighted by Crippen LogP contribution is -2.14. The number of pyridine rings is 2. The molecule has 0 bridgehead atoms. The van der Waals surface area contributed by atoms with E-state index >= 15 is 0 Å². The van der Waals surface area contributed by atoms with Crippen LogP contribution in [0.4, 0.5) is 5.82 Å². The molecule has 0 unspecified atom stereocenters. The van der Waals surface area contributed by atoms with Crippen molar-refractivity contribution in [2.24, 2.45) is 13.0 Å². The first kappa shape index (κ1) is 15.6. The highest BCUT2D eigenvalue weighted by Crippen LogP contribution is 2.36. The number of aromatic nitrogens is 3. The summed E-state index contributed by atoms with van der Waals surface area (Å²) in [5, 5.41) is 3.92. The molecular weight excluding hydrogens is 316 g/mol. The zero-order chi connectivity index (χ0) is 17.6. The van der Waals surface area contributed by atoms with E-state index in [1.807, 2.05) is 26.1 Å². The summed E-state index contributed by atoms with van der Waals surface area (Å²) >= 11 is 0. The maximum atomic E-state index is 12.0. The van der Waals surface area contributed by atoms with Crippen LogP contribution in [-0.4, -0.2) is 27.6 Å². The number of amides is 1. The number of hydrogen-bond acceptors (Lipinski definition) is 4. The van der Waals surface area contributed by atoms with E-state index in [1.54, 1.807) is 19.5 Å². The van der Waals surface area contributed by atoms with Crippen LogP contribution in [0.15, 0.2) is 30.6 Å². The Balaban J connectivity index is 1.78. The molecule has 3 aromatic heterocycles. The standard InChI is InChI=1S/C19H20N4O2/c1-11-18(16(25-3)6-7-20-11)14-8-13-9-17(21-10-15(13)23(14)2)22-19(24)12-4-5-12/h6-10,12H,4-5H2,1-3H3,(H,21,22,24). The van der Waals surface area contributed by atoms with Crippen LogP contribution in [-0.2, 0) is 11.8 Å². The Morgan fingerprint density at radius 3 is 2.84 bits per heavy atom. The number of nitrogens with one attached hydrogen (secondary N) is 1. The molecule has 1 aliphatic rings. The summed E-state index contributed by atoms with van der Waals surface area (Å²) in [5.41, 5.74) is 3.86. The molecule has 3 aromatic rings. The van der Waals surface area contributed by atoms with Crippen molar-refractivity contribution in [3.63, 3.8) is 0 Å². The third-order valence-corrected chi connectivity index (χ3v) is 4.71. The summed E-state index contributed by atoms with van der Waals surface area (Å²) in [6.45, 7) is 1.97. The SMILES string of the molecule is COc1ccnc(C)c1-c1cc2cc(NC(=O)C3CC3)ncc2n1C. The zero-order valence-corrected chi connectivity index (χ0v) is 14.5. The molecule has 0 saturated heterocycles. The molecule has 0 radical (unpaired) electrons. The molecule has 1 aliphatic carbocycles. The smallest absolute Gasteiger partial charge is 0.228 e. The van der Waals surface area contributed by atoms with Crippen LogP contribution >= 0.6 is 0 Å². The molecule has 128 valence electrons. The maximum Gasteiger partial charge on any atom is 0.228 e.